The Labute approximate surface area is 138 Å². The van der Waals surface area contributed by atoms with E-state index in [1.54, 1.807) is 48.5 Å². The molecule has 0 saturated heterocycles. The van der Waals surface area contributed by atoms with Crippen molar-refractivity contribution in [3.63, 3.8) is 0 Å². The fraction of sp³-hybridized carbons (Fsp3) is 0.222. The molecule has 23 heavy (non-hydrogen) atoms. The van der Waals surface area contributed by atoms with E-state index in [0.717, 1.165) is 0 Å². The van der Waals surface area contributed by atoms with Gasteiger partial charge in [0.2, 0.25) is 0 Å². The first-order valence-electron chi connectivity index (χ1n) is 7.62. The number of nitrogens with zero attached hydrogens (tertiary/aromatic N) is 1. The molecule has 0 fully saturated rings. The zero-order chi connectivity index (χ0) is 17.7. The highest BCUT2D eigenvalue weighted by atomic mass is 16.5. The van der Waals surface area contributed by atoms with E-state index in [-0.39, 0.29) is 5.96 Å². The molecule has 5 heteroatoms. The molecule has 5 nitrogen and oxygen atoms in total. The molecule has 0 spiro atoms. The van der Waals surface area contributed by atoms with Crippen molar-refractivity contribution in [2.24, 2.45) is 16.5 Å². The van der Waals surface area contributed by atoms with E-state index in [1.165, 1.54) is 0 Å². The summed E-state index contributed by atoms with van der Waals surface area (Å²) in [5.41, 5.74) is 11.6. The topological polar surface area (TPSA) is 90.7 Å². The first-order valence-corrected chi connectivity index (χ1v) is 7.62. The Balaban J connectivity index is 0.00000112. The number of ether oxygens (including phenoxy) is 1. The quantitative estimate of drug-likeness (QED) is 0.389. The van der Waals surface area contributed by atoms with Gasteiger partial charge in [-0.25, -0.2) is 9.79 Å². The largest absolute Gasteiger partial charge is 0.423 e. The number of benzene rings is 2. The van der Waals surface area contributed by atoms with Crippen LogP contribution in [0.15, 0.2) is 59.6 Å². The number of hydrogen-bond donors (Lipinski definition) is 2. The molecular formula is C18H25N3O2. The first kappa shape index (κ1) is 20.2. The van der Waals surface area contributed by atoms with Crippen LogP contribution in [0, 0.1) is 0 Å². The molecule has 0 aliphatic carbocycles. The molecule has 0 aliphatic rings. The lowest BCUT2D eigenvalue weighted by Gasteiger charge is -2.04. The smallest absolute Gasteiger partial charge is 0.343 e. The standard InChI is InChI=1S/C14H13N3O2.2C2H6/c15-14(16)17-11-6-8-12(9-7-11)19-13(18)10-4-2-1-3-5-10;2*1-2/h1-9H,(H4,15,16,17);2*1-2H3. The summed E-state index contributed by atoms with van der Waals surface area (Å²) in [6.07, 6.45) is 0. The summed E-state index contributed by atoms with van der Waals surface area (Å²) in [5, 5.41) is 0. The van der Waals surface area contributed by atoms with Crippen molar-refractivity contribution in [3.05, 3.63) is 60.2 Å². The molecule has 0 bridgehead atoms. The van der Waals surface area contributed by atoms with Gasteiger partial charge in [0, 0.05) is 0 Å². The van der Waals surface area contributed by atoms with Gasteiger partial charge in [0.25, 0.3) is 0 Å². The van der Waals surface area contributed by atoms with Crippen molar-refractivity contribution in [3.8, 4) is 5.75 Å². The van der Waals surface area contributed by atoms with Crippen molar-refractivity contribution in [1.82, 2.24) is 0 Å². The molecule has 0 aromatic heterocycles. The van der Waals surface area contributed by atoms with E-state index >= 15 is 0 Å². The van der Waals surface area contributed by atoms with Gasteiger partial charge in [-0.3, -0.25) is 0 Å². The number of hydrogen-bond acceptors (Lipinski definition) is 3. The number of carbonyl (C=O) groups excluding carboxylic acids is 1. The number of esters is 1. The minimum absolute atomic E-state index is 0.0194. The highest BCUT2D eigenvalue weighted by molar-refractivity contribution is 5.91. The maximum atomic E-state index is 11.8. The van der Waals surface area contributed by atoms with Crippen LogP contribution in [0.4, 0.5) is 5.69 Å². The van der Waals surface area contributed by atoms with E-state index in [2.05, 4.69) is 4.99 Å². The van der Waals surface area contributed by atoms with Crippen LogP contribution in [0.1, 0.15) is 38.1 Å². The van der Waals surface area contributed by atoms with Gasteiger partial charge in [-0.05, 0) is 36.4 Å². The highest BCUT2D eigenvalue weighted by Crippen LogP contribution is 2.18. The Morgan fingerprint density at radius 3 is 1.87 bits per heavy atom. The summed E-state index contributed by atoms with van der Waals surface area (Å²) < 4.78 is 5.21. The predicted molar refractivity (Wildman–Crippen MR) is 96.0 cm³/mol. The maximum absolute atomic E-state index is 11.8. The summed E-state index contributed by atoms with van der Waals surface area (Å²) in [4.78, 5) is 15.7. The van der Waals surface area contributed by atoms with E-state index in [4.69, 9.17) is 16.2 Å². The van der Waals surface area contributed by atoms with Gasteiger partial charge in [0.1, 0.15) is 5.75 Å². The van der Waals surface area contributed by atoms with Crippen LogP contribution in [0.2, 0.25) is 0 Å². The lowest BCUT2D eigenvalue weighted by molar-refractivity contribution is 0.0735. The summed E-state index contributed by atoms with van der Waals surface area (Å²) in [5.74, 6) is 0.00705. The molecular weight excluding hydrogens is 290 g/mol. The molecule has 0 heterocycles. The predicted octanol–water partition coefficient (Wildman–Crippen LogP) is 3.86. The number of rotatable bonds is 3. The van der Waals surface area contributed by atoms with Crippen LogP contribution >= 0.6 is 0 Å². The fourth-order valence-corrected chi connectivity index (χ4v) is 1.48. The second-order valence-electron chi connectivity index (χ2n) is 3.79. The maximum Gasteiger partial charge on any atom is 0.343 e. The van der Waals surface area contributed by atoms with Gasteiger partial charge in [-0.2, -0.15) is 0 Å². The van der Waals surface area contributed by atoms with Gasteiger partial charge >= 0.3 is 5.97 Å². The SMILES string of the molecule is CC.CC.NC(N)=Nc1ccc(OC(=O)c2ccccc2)cc1. The lowest BCUT2D eigenvalue weighted by Crippen LogP contribution is -2.21. The second kappa shape index (κ2) is 11.8. The van der Waals surface area contributed by atoms with Crippen LogP contribution < -0.4 is 16.2 Å². The first-order chi connectivity index (χ1) is 11.1. The normalized spacial score (nSPS) is 8.52. The van der Waals surface area contributed by atoms with Crippen molar-refractivity contribution in [2.75, 3.05) is 0 Å². The van der Waals surface area contributed by atoms with Gasteiger partial charge < -0.3 is 16.2 Å². The van der Waals surface area contributed by atoms with Crippen molar-refractivity contribution in [1.29, 1.82) is 0 Å². The third-order valence-electron chi connectivity index (χ3n) is 2.31. The molecule has 2 aromatic rings. The van der Waals surface area contributed by atoms with Gasteiger partial charge in [-0.1, -0.05) is 45.9 Å². The number of guanidine groups is 1. The van der Waals surface area contributed by atoms with Crippen LogP contribution in [0.25, 0.3) is 0 Å². The van der Waals surface area contributed by atoms with Crippen LogP contribution in [-0.2, 0) is 0 Å². The Hall–Kier alpha value is -2.82. The molecule has 124 valence electrons. The van der Waals surface area contributed by atoms with E-state index in [0.29, 0.717) is 17.0 Å². The summed E-state index contributed by atoms with van der Waals surface area (Å²) in [6.45, 7) is 8.00. The fourth-order valence-electron chi connectivity index (χ4n) is 1.48. The third-order valence-corrected chi connectivity index (χ3v) is 2.31. The van der Waals surface area contributed by atoms with Crippen LogP contribution in [0.3, 0.4) is 0 Å². The summed E-state index contributed by atoms with van der Waals surface area (Å²) in [7, 11) is 0. The van der Waals surface area contributed by atoms with E-state index in [1.807, 2.05) is 33.8 Å². The van der Waals surface area contributed by atoms with Crippen LogP contribution in [-0.4, -0.2) is 11.9 Å². The number of carbonyl (C=O) groups is 1. The number of nitrogens with two attached hydrogens (primary N) is 2. The van der Waals surface area contributed by atoms with Gasteiger partial charge in [0.15, 0.2) is 5.96 Å². The van der Waals surface area contributed by atoms with E-state index < -0.39 is 5.97 Å². The average Bonchev–Trinajstić information content (AvgIpc) is 2.60. The monoisotopic (exact) mass is 315 g/mol. The Kier molecular flexibility index (Phi) is 10.4. The van der Waals surface area contributed by atoms with Crippen molar-refractivity contribution >= 4 is 17.6 Å². The molecule has 0 amide bonds. The van der Waals surface area contributed by atoms with E-state index in [9.17, 15) is 4.79 Å². The zero-order valence-electron chi connectivity index (χ0n) is 14.1. The number of aliphatic imine (C=N–C) groups is 1. The molecule has 0 aliphatic heterocycles. The summed E-state index contributed by atoms with van der Waals surface area (Å²) >= 11 is 0. The summed E-state index contributed by atoms with van der Waals surface area (Å²) in [6, 6.07) is 15.3. The third kappa shape index (κ3) is 7.66. The van der Waals surface area contributed by atoms with Crippen molar-refractivity contribution in [2.45, 2.75) is 27.7 Å². The van der Waals surface area contributed by atoms with Gasteiger partial charge in [0.05, 0.1) is 11.3 Å². The molecule has 0 atom stereocenters. The second-order valence-corrected chi connectivity index (χ2v) is 3.79. The molecule has 0 saturated carbocycles. The minimum Gasteiger partial charge on any atom is -0.423 e. The zero-order valence-corrected chi connectivity index (χ0v) is 14.1. The molecule has 4 N–H and O–H groups in total. The molecule has 2 rings (SSSR count). The molecule has 0 radical (unpaired) electrons. The highest BCUT2D eigenvalue weighted by Gasteiger charge is 2.07. The van der Waals surface area contributed by atoms with Gasteiger partial charge in [-0.15, -0.1) is 0 Å². The Bertz CT molecular complexity index is 589. The minimum atomic E-state index is -0.407. The lowest BCUT2D eigenvalue weighted by atomic mass is 10.2. The van der Waals surface area contributed by atoms with Crippen molar-refractivity contribution < 1.29 is 9.53 Å². The van der Waals surface area contributed by atoms with Crippen LogP contribution in [0.5, 0.6) is 5.75 Å². The molecule has 2 aromatic carbocycles. The molecule has 0 unspecified atom stereocenters. The Morgan fingerprint density at radius 2 is 1.39 bits per heavy atom. The Morgan fingerprint density at radius 1 is 0.870 bits per heavy atom. The average molecular weight is 315 g/mol.